The normalized spacial score (nSPS) is 27.4. The lowest BCUT2D eigenvalue weighted by Crippen LogP contribution is -2.45. The minimum atomic E-state index is 0.554. The largest absolute Gasteiger partial charge is 0.356 e. The van der Waals surface area contributed by atoms with Gasteiger partial charge in [-0.3, -0.25) is 9.89 Å². The molecule has 0 aromatic carbocycles. The summed E-state index contributed by atoms with van der Waals surface area (Å²) in [6.45, 7) is 4.53. The van der Waals surface area contributed by atoms with Crippen LogP contribution < -0.4 is 5.32 Å². The Labute approximate surface area is 138 Å². The molecule has 3 heterocycles. The fraction of sp³-hybridized carbons (Fsp3) is 0.706. The van der Waals surface area contributed by atoms with Gasteiger partial charge in [-0.25, -0.2) is 0 Å². The van der Waals surface area contributed by atoms with Crippen LogP contribution in [0.5, 0.6) is 0 Å². The maximum atomic E-state index is 4.48. The Balaban J connectivity index is 1.64. The molecule has 1 N–H and O–H groups in total. The van der Waals surface area contributed by atoms with Crippen molar-refractivity contribution in [1.82, 2.24) is 15.1 Å². The van der Waals surface area contributed by atoms with E-state index >= 15 is 0 Å². The molecule has 0 aliphatic carbocycles. The van der Waals surface area contributed by atoms with Crippen molar-refractivity contribution in [3.05, 3.63) is 22.4 Å². The molecular weight excluding hydrogens is 292 g/mol. The third kappa shape index (κ3) is 3.46. The summed E-state index contributed by atoms with van der Waals surface area (Å²) in [5.41, 5.74) is 0. The van der Waals surface area contributed by atoms with E-state index in [4.69, 9.17) is 0 Å². The fourth-order valence-electron chi connectivity index (χ4n) is 3.87. The highest BCUT2D eigenvalue weighted by atomic mass is 32.1. The highest BCUT2D eigenvalue weighted by Gasteiger charge is 2.31. The molecule has 2 fully saturated rings. The summed E-state index contributed by atoms with van der Waals surface area (Å²) >= 11 is 1.89. The van der Waals surface area contributed by atoms with Gasteiger partial charge < -0.3 is 10.2 Å². The van der Waals surface area contributed by atoms with Crippen molar-refractivity contribution in [2.24, 2.45) is 10.9 Å². The SMILES string of the molecule is CN=C(NCC1CCCN(C)C1c1cccs1)N1CCCC1. The van der Waals surface area contributed by atoms with Gasteiger partial charge in [-0.2, -0.15) is 0 Å². The smallest absolute Gasteiger partial charge is 0.193 e. The van der Waals surface area contributed by atoms with Gasteiger partial charge in [-0.1, -0.05) is 6.07 Å². The molecule has 5 heteroatoms. The maximum Gasteiger partial charge on any atom is 0.193 e. The van der Waals surface area contributed by atoms with Crippen LogP contribution in [-0.4, -0.2) is 56.0 Å². The van der Waals surface area contributed by atoms with Crippen LogP contribution in [-0.2, 0) is 0 Å². The Bertz CT molecular complexity index is 479. The number of piperidine rings is 1. The summed E-state index contributed by atoms with van der Waals surface area (Å²) in [4.78, 5) is 10.9. The lowest BCUT2D eigenvalue weighted by molar-refractivity contribution is 0.124. The summed E-state index contributed by atoms with van der Waals surface area (Å²) < 4.78 is 0. The summed E-state index contributed by atoms with van der Waals surface area (Å²) in [5.74, 6) is 1.76. The average molecular weight is 321 g/mol. The zero-order chi connectivity index (χ0) is 15.4. The second kappa shape index (κ2) is 7.47. The second-order valence-electron chi connectivity index (χ2n) is 6.47. The van der Waals surface area contributed by atoms with Crippen LogP contribution >= 0.6 is 11.3 Å². The van der Waals surface area contributed by atoms with E-state index in [1.165, 1.54) is 37.1 Å². The molecule has 2 unspecified atom stereocenters. The Morgan fingerprint density at radius 3 is 2.82 bits per heavy atom. The van der Waals surface area contributed by atoms with Gasteiger partial charge in [0.1, 0.15) is 0 Å². The number of thiophene rings is 1. The monoisotopic (exact) mass is 320 g/mol. The Morgan fingerprint density at radius 1 is 1.32 bits per heavy atom. The van der Waals surface area contributed by atoms with Gasteiger partial charge in [-0.05, 0) is 56.6 Å². The van der Waals surface area contributed by atoms with E-state index < -0.39 is 0 Å². The molecule has 3 rings (SSSR count). The fourth-order valence-corrected chi connectivity index (χ4v) is 4.85. The zero-order valence-corrected chi connectivity index (χ0v) is 14.6. The van der Waals surface area contributed by atoms with Crippen LogP contribution in [0.25, 0.3) is 0 Å². The first-order valence-electron chi connectivity index (χ1n) is 8.49. The lowest BCUT2D eigenvalue weighted by atomic mass is 9.88. The number of nitrogens with one attached hydrogen (secondary N) is 1. The second-order valence-corrected chi connectivity index (χ2v) is 7.44. The van der Waals surface area contributed by atoms with Crippen molar-refractivity contribution >= 4 is 17.3 Å². The summed E-state index contributed by atoms with van der Waals surface area (Å²) in [6, 6.07) is 5.02. The van der Waals surface area contributed by atoms with Crippen molar-refractivity contribution in [1.29, 1.82) is 0 Å². The number of rotatable bonds is 3. The predicted octanol–water partition coefficient (Wildman–Crippen LogP) is 2.80. The van der Waals surface area contributed by atoms with Crippen molar-refractivity contribution < 1.29 is 0 Å². The molecule has 0 spiro atoms. The molecule has 2 atom stereocenters. The van der Waals surface area contributed by atoms with E-state index in [1.54, 1.807) is 0 Å². The van der Waals surface area contributed by atoms with Crippen molar-refractivity contribution in [3.63, 3.8) is 0 Å². The van der Waals surface area contributed by atoms with Crippen LogP contribution in [0.15, 0.2) is 22.5 Å². The molecule has 4 nitrogen and oxygen atoms in total. The summed E-state index contributed by atoms with van der Waals surface area (Å²) in [5, 5.41) is 5.85. The van der Waals surface area contributed by atoms with Crippen LogP contribution in [0.1, 0.15) is 36.6 Å². The van der Waals surface area contributed by atoms with Gasteiger partial charge in [0, 0.05) is 37.6 Å². The highest BCUT2D eigenvalue weighted by molar-refractivity contribution is 7.10. The number of hydrogen-bond donors (Lipinski definition) is 1. The molecule has 1 aromatic rings. The molecule has 122 valence electrons. The third-order valence-corrected chi connectivity index (χ3v) is 5.92. The van der Waals surface area contributed by atoms with E-state index in [9.17, 15) is 0 Å². The first-order chi connectivity index (χ1) is 10.8. The molecule has 0 saturated carbocycles. The van der Waals surface area contributed by atoms with Crippen LogP contribution in [0.2, 0.25) is 0 Å². The van der Waals surface area contributed by atoms with E-state index in [0.29, 0.717) is 12.0 Å². The Morgan fingerprint density at radius 2 is 2.14 bits per heavy atom. The minimum Gasteiger partial charge on any atom is -0.356 e. The molecule has 0 radical (unpaired) electrons. The van der Waals surface area contributed by atoms with Gasteiger partial charge in [0.15, 0.2) is 5.96 Å². The molecule has 22 heavy (non-hydrogen) atoms. The zero-order valence-electron chi connectivity index (χ0n) is 13.8. The van der Waals surface area contributed by atoms with Gasteiger partial charge in [0.2, 0.25) is 0 Å². The molecule has 2 saturated heterocycles. The van der Waals surface area contributed by atoms with Crippen LogP contribution in [0, 0.1) is 5.92 Å². The van der Waals surface area contributed by atoms with E-state index in [0.717, 1.165) is 25.6 Å². The predicted molar refractivity (Wildman–Crippen MR) is 94.6 cm³/mol. The molecule has 0 bridgehead atoms. The molecule has 2 aliphatic rings. The topological polar surface area (TPSA) is 30.9 Å². The molecule has 2 aliphatic heterocycles. The van der Waals surface area contributed by atoms with Crippen LogP contribution in [0.4, 0.5) is 0 Å². The van der Waals surface area contributed by atoms with Gasteiger partial charge >= 0.3 is 0 Å². The number of aliphatic imine (C=N–C) groups is 1. The molecule has 1 aromatic heterocycles. The average Bonchev–Trinajstić information content (AvgIpc) is 3.21. The minimum absolute atomic E-state index is 0.554. The van der Waals surface area contributed by atoms with Crippen molar-refractivity contribution in [2.75, 3.05) is 40.3 Å². The van der Waals surface area contributed by atoms with Crippen molar-refractivity contribution in [2.45, 2.75) is 31.7 Å². The third-order valence-electron chi connectivity index (χ3n) is 4.98. The number of guanidine groups is 1. The van der Waals surface area contributed by atoms with E-state index in [2.05, 4.69) is 44.7 Å². The molecular formula is C17H28N4S. The highest BCUT2D eigenvalue weighted by Crippen LogP contribution is 2.36. The van der Waals surface area contributed by atoms with Gasteiger partial charge in [0.05, 0.1) is 0 Å². The number of likely N-dealkylation sites (tertiary alicyclic amines) is 2. The number of nitrogens with zero attached hydrogens (tertiary/aromatic N) is 3. The Hall–Kier alpha value is -1.07. The maximum absolute atomic E-state index is 4.48. The first-order valence-corrected chi connectivity index (χ1v) is 9.37. The van der Waals surface area contributed by atoms with Gasteiger partial charge in [-0.15, -0.1) is 11.3 Å². The van der Waals surface area contributed by atoms with Gasteiger partial charge in [0.25, 0.3) is 0 Å². The van der Waals surface area contributed by atoms with E-state index in [-0.39, 0.29) is 0 Å². The quantitative estimate of drug-likeness (QED) is 0.686. The number of hydrogen-bond acceptors (Lipinski definition) is 3. The van der Waals surface area contributed by atoms with Crippen LogP contribution in [0.3, 0.4) is 0 Å². The summed E-state index contributed by atoms with van der Waals surface area (Å²) in [7, 11) is 4.18. The standard InChI is InChI=1S/C17H28N4S/c1-18-17(21-10-3-4-11-21)19-13-14-7-5-9-20(2)16(14)15-8-6-12-22-15/h6,8,12,14,16H,3-5,7,9-11,13H2,1-2H3,(H,18,19). The first kappa shape index (κ1) is 15.8. The van der Waals surface area contributed by atoms with E-state index in [1.807, 2.05) is 18.4 Å². The summed E-state index contributed by atoms with van der Waals surface area (Å²) in [6.07, 6.45) is 5.19. The van der Waals surface area contributed by atoms with Crippen molar-refractivity contribution in [3.8, 4) is 0 Å². The Kier molecular flexibility index (Phi) is 5.37. The molecule has 0 amide bonds. The lowest BCUT2D eigenvalue weighted by Gasteiger charge is -2.39.